The Labute approximate surface area is 215 Å². The Morgan fingerprint density at radius 3 is 2.68 bits per heavy atom. The number of ether oxygens (including phenoxy) is 1. The number of hydrogen-bond donors (Lipinski definition) is 3. The Balaban J connectivity index is 1.38. The molecule has 37 heavy (non-hydrogen) atoms. The van der Waals surface area contributed by atoms with Crippen molar-refractivity contribution in [3.63, 3.8) is 0 Å². The van der Waals surface area contributed by atoms with E-state index in [0.29, 0.717) is 59.8 Å². The Hall–Kier alpha value is -3.49. The number of hydrogen-bond acceptors (Lipinski definition) is 5. The van der Waals surface area contributed by atoms with Gasteiger partial charge in [-0.15, -0.1) is 0 Å². The molecular weight excluding hydrogens is 473 g/mol. The topological polar surface area (TPSA) is 109 Å². The number of H-pyrrole nitrogens is 1. The number of aromatic nitrogens is 3. The summed E-state index contributed by atoms with van der Waals surface area (Å²) < 4.78 is 20.9. The SMILES string of the molecule is CCC(=O)N[C@H]1CC[C@@H](NC(=O)c2c(C)[nH]c3c(-c4cc(C)ccc4OCC4CC4)ncnc23)C[C@H]1F. The van der Waals surface area contributed by atoms with E-state index in [2.05, 4.69) is 25.6 Å². The lowest BCUT2D eigenvalue weighted by Crippen LogP contribution is -2.49. The molecule has 2 aliphatic rings. The Bertz CT molecular complexity index is 1320. The number of aryl methyl sites for hydroxylation is 2. The van der Waals surface area contributed by atoms with Gasteiger partial charge in [0.25, 0.3) is 5.91 Å². The lowest BCUT2D eigenvalue weighted by Gasteiger charge is -2.32. The van der Waals surface area contributed by atoms with Gasteiger partial charge in [-0.25, -0.2) is 14.4 Å². The summed E-state index contributed by atoms with van der Waals surface area (Å²) >= 11 is 0. The molecule has 2 fully saturated rings. The van der Waals surface area contributed by atoms with Gasteiger partial charge in [-0.05, 0) is 57.6 Å². The van der Waals surface area contributed by atoms with E-state index in [1.165, 1.54) is 19.2 Å². The monoisotopic (exact) mass is 507 g/mol. The second-order valence-electron chi connectivity index (χ2n) is 10.4. The summed E-state index contributed by atoms with van der Waals surface area (Å²) in [6, 6.07) is 5.20. The van der Waals surface area contributed by atoms with E-state index in [9.17, 15) is 14.0 Å². The van der Waals surface area contributed by atoms with Crippen LogP contribution < -0.4 is 15.4 Å². The summed E-state index contributed by atoms with van der Waals surface area (Å²) in [6.45, 7) is 6.28. The molecule has 0 aliphatic heterocycles. The van der Waals surface area contributed by atoms with Crippen LogP contribution in [0.4, 0.5) is 4.39 Å². The highest BCUT2D eigenvalue weighted by molar-refractivity contribution is 6.09. The fourth-order valence-corrected chi connectivity index (χ4v) is 5.03. The molecule has 0 unspecified atom stereocenters. The molecule has 0 spiro atoms. The number of nitrogens with one attached hydrogen (secondary N) is 3. The first-order valence-electron chi connectivity index (χ1n) is 13.1. The molecule has 196 valence electrons. The van der Waals surface area contributed by atoms with Gasteiger partial charge >= 0.3 is 0 Å². The minimum Gasteiger partial charge on any atom is -0.493 e. The fraction of sp³-hybridized carbons (Fsp3) is 0.500. The van der Waals surface area contributed by atoms with Gasteiger partial charge in [0, 0.05) is 30.1 Å². The van der Waals surface area contributed by atoms with Gasteiger partial charge in [-0.2, -0.15) is 0 Å². The largest absolute Gasteiger partial charge is 0.493 e. The molecule has 0 radical (unpaired) electrons. The molecule has 2 aromatic heterocycles. The summed E-state index contributed by atoms with van der Waals surface area (Å²) in [5.41, 5.74) is 4.91. The highest BCUT2D eigenvalue weighted by atomic mass is 19.1. The molecule has 2 amide bonds. The van der Waals surface area contributed by atoms with Crippen LogP contribution >= 0.6 is 0 Å². The molecule has 9 heteroatoms. The molecule has 2 heterocycles. The van der Waals surface area contributed by atoms with E-state index in [0.717, 1.165) is 16.9 Å². The zero-order valence-corrected chi connectivity index (χ0v) is 21.6. The van der Waals surface area contributed by atoms with Crippen molar-refractivity contribution >= 4 is 22.8 Å². The molecule has 3 N–H and O–H groups in total. The van der Waals surface area contributed by atoms with Crippen LogP contribution in [0.25, 0.3) is 22.3 Å². The van der Waals surface area contributed by atoms with E-state index in [1.54, 1.807) is 6.92 Å². The highest BCUT2D eigenvalue weighted by Crippen LogP contribution is 2.37. The Kier molecular flexibility index (Phi) is 7.13. The third-order valence-corrected chi connectivity index (χ3v) is 7.34. The standard InChI is InChI=1S/C28H34FN5O3/c1-4-23(35)34-21-9-8-18(12-20(21)29)33-28(36)24-16(3)32-27-25(30-14-31-26(24)27)19-11-15(2)5-10-22(19)37-13-17-6-7-17/h5,10-11,14,17-18,20-21,32H,4,6-9,12-13H2,1-3H3,(H,33,36)(H,34,35)/t18-,20-,21+/m1/s1. The van der Waals surface area contributed by atoms with E-state index >= 15 is 0 Å². The van der Waals surface area contributed by atoms with E-state index in [1.807, 2.05) is 32.0 Å². The number of aromatic amines is 1. The first kappa shape index (κ1) is 25.2. The maximum absolute atomic E-state index is 14.7. The van der Waals surface area contributed by atoms with Gasteiger partial charge < -0.3 is 20.4 Å². The third-order valence-electron chi connectivity index (χ3n) is 7.34. The first-order valence-corrected chi connectivity index (χ1v) is 13.1. The van der Waals surface area contributed by atoms with Crippen molar-refractivity contribution in [1.82, 2.24) is 25.6 Å². The second-order valence-corrected chi connectivity index (χ2v) is 10.4. The minimum absolute atomic E-state index is 0.158. The number of carbonyl (C=O) groups is 2. The molecule has 1 aromatic carbocycles. The number of nitrogens with zero attached hydrogens (tertiary/aromatic N) is 2. The summed E-state index contributed by atoms with van der Waals surface area (Å²) in [5.74, 6) is 0.923. The summed E-state index contributed by atoms with van der Waals surface area (Å²) in [5, 5.41) is 5.74. The van der Waals surface area contributed by atoms with Crippen molar-refractivity contribution in [3.05, 3.63) is 41.3 Å². The van der Waals surface area contributed by atoms with Gasteiger partial charge in [0.1, 0.15) is 29.5 Å². The number of carbonyl (C=O) groups excluding carboxylic acids is 2. The van der Waals surface area contributed by atoms with Crippen LogP contribution in [-0.2, 0) is 4.79 Å². The summed E-state index contributed by atoms with van der Waals surface area (Å²) in [4.78, 5) is 37.4. The summed E-state index contributed by atoms with van der Waals surface area (Å²) in [7, 11) is 0. The number of amides is 2. The molecular formula is C28H34FN5O3. The van der Waals surface area contributed by atoms with Crippen LogP contribution in [0, 0.1) is 19.8 Å². The van der Waals surface area contributed by atoms with Crippen molar-refractivity contribution in [3.8, 4) is 17.0 Å². The normalized spacial score (nSPS) is 21.6. The lowest BCUT2D eigenvalue weighted by atomic mass is 9.89. The molecule has 2 aliphatic carbocycles. The van der Waals surface area contributed by atoms with Gasteiger partial charge in [0.05, 0.1) is 23.7 Å². The number of halogens is 1. The van der Waals surface area contributed by atoms with Crippen LogP contribution in [0.5, 0.6) is 5.75 Å². The number of benzene rings is 1. The van der Waals surface area contributed by atoms with Crippen molar-refractivity contribution < 1.29 is 18.7 Å². The smallest absolute Gasteiger partial charge is 0.255 e. The van der Waals surface area contributed by atoms with E-state index in [-0.39, 0.29) is 24.3 Å². The zero-order valence-electron chi connectivity index (χ0n) is 21.6. The zero-order chi connectivity index (χ0) is 26.1. The van der Waals surface area contributed by atoms with E-state index in [4.69, 9.17) is 4.74 Å². The van der Waals surface area contributed by atoms with Gasteiger partial charge in [0.2, 0.25) is 5.91 Å². The number of alkyl halides is 1. The average molecular weight is 508 g/mol. The molecule has 8 nitrogen and oxygen atoms in total. The molecule has 5 rings (SSSR count). The van der Waals surface area contributed by atoms with Crippen LogP contribution in [0.15, 0.2) is 24.5 Å². The van der Waals surface area contributed by atoms with Crippen LogP contribution in [0.3, 0.4) is 0 Å². The minimum atomic E-state index is -1.21. The van der Waals surface area contributed by atoms with Crippen LogP contribution in [0.2, 0.25) is 0 Å². The van der Waals surface area contributed by atoms with Crippen LogP contribution in [0.1, 0.15) is 67.1 Å². The van der Waals surface area contributed by atoms with Crippen molar-refractivity contribution in [1.29, 1.82) is 0 Å². The molecule has 0 saturated heterocycles. The quantitative estimate of drug-likeness (QED) is 0.415. The van der Waals surface area contributed by atoms with Gasteiger partial charge in [-0.3, -0.25) is 9.59 Å². The Morgan fingerprint density at radius 2 is 1.95 bits per heavy atom. The summed E-state index contributed by atoms with van der Waals surface area (Å²) in [6.07, 6.45) is 4.21. The molecule has 2 saturated carbocycles. The first-order chi connectivity index (χ1) is 17.8. The van der Waals surface area contributed by atoms with Crippen molar-refractivity contribution in [2.24, 2.45) is 5.92 Å². The molecule has 3 aromatic rings. The third kappa shape index (κ3) is 5.45. The molecule has 0 bridgehead atoms. The fourth-order valence-electron chi connectivity index (χ4n) is 5.03. The maximum atomic E-state index is 14.7. The number of fused-ring (bicyclic) bond motifs is 1. The maximum Gasteiger partial charge on any atom is 0.255 e. The lowest BCUT2D eigenvalue weighted by molar-refractivity contribution is -0.122. The van der Waals surface area contributed by atoms with Crippen LogP contribution in [-0.4, -0.2) is 51.6 Å². The second kappa shape index (κ2) is 10.5. The number of rotatable bonds is 8. The van der Waals surface area contributed by atoms with Crippen molar-refractivity contribution in [2.75, 3.05) is 6.61 Å². The Morgan fingerprint density at radius 1 is 1.14 bits per heavy atom. The van der Waals surface area contributed by atoms with Gasteiger partial charge in [-0.1, -0.05) is 18.6 Å². The molecule has 3 atom stereocenters. The predicted molar refractivity (Wildman–Crippen MR) is 139 cm³/mol. The van der Waals surface area contributed by atoms with Crippen molar-refractivity contribution in [2.45, 2.75) is 77.6 Å². The average Bonchev–Trinajstić information content (AvgIpc) is 3.64. The van der Waals surface area contributed by atoms with E-state index < -0.39 is 12.2 Å². The van der Waals surface area contributed by atoms with Gasteiger partial charge in [0.15, 0.2) is 0 Å². The predicted octanol–water partition coefficient (Wildman–Crippen LogP) is 4.55. The highest BCUT2D eigenvalue weighted by Gasteiger charge is 2.33.